The van der Waals surface area contributed by atoms with Crippen molar-refractivity contribution in [1.29, 1.82) is 0 Å². The van der Waals surface area contributed by atoms with Gasteiger partial charge in [0.1, 0.15) is 11.6 Å². The van der Waals surface area contributed by atoms with Crippen LogP contribution in [-0.4, -0.2) is 27.1 Å². The molecule has 0 aliphatic rings. The Bertz CT molecular complexity index is 418. The molecule has 5 nitrogen and oxygen atoms in total. The second-order valence-electron chi connectivity index (χ2n) is 5.60. The zero-order valence-electron chi connectivity index (χ0n) is 11.6. The van der Waals surface area contributed by atoms with Crippen LogP contribution in [0.2, 0.25) is 0 Å². The molecule has 0 bridgehead atoms. The van der Waals surface area contributed by atoms with Gasteiger partial charge >= 0.3 is 5.97 Å². The van der Waals surface area contributed by atoms with E-state index in [0.29, 0.717) is 11.6 Å². The molecule has 1 heterocycles. The van der Waals surface area contributed by atoms with Gasteiger partial charge in [-0.2, -0.15) is 0 Å². The van der Waals surface area contributed by atoms with Crippen LogP contribution in [-0.2, 0) is 4.79 Å². The van der Waals surface area contributed by atoms with Crippen molar-refractivity contribution in [3.8, 4) is 0 Å². The van der Waals surface area contributed by atoms with Crippen molar-refractivity contribution < 1.29 is 9.90 Å². The summed E-state index contributed by atoms with van der Waals surface area (Å²) >= 11 is 0. The number of aryl methyl sites for hydroxylation is 2. The fraction of sp³-hybridized carbons (Fsp3) is 0.615. The number of carboxylic acids is 1. The zero-order valence-corrected chi connectivity index (χ0v) is 11.6. The Morgan fingerprint density at radius 2 is 2.00 bits per heavy atom. The number of nitrogens with one attached hydrogen (secondary N) is 1. The van der Waals surface area contributed by atoms with Gasteiger partial charge in [-0.3, -0.25) is 4.79 Å². The first-order valence-corrected chi connectivity index (χ1v) is 5.99. The molecular formula is C13H21N3O2. The number of nitrogens with zero attached hydrogens (tertiary/aromatic N) is 2. The molecule has 0 fully saturated rings. The zero-order chi connectivity index (χ0) is 13.9. The molecule has 1 aromatic rings. The molecule has 0 amide bonds. The Morgan fingerprint density at radius 1 is 1.39 bits per heavy atom. The summed E-state index contributed by atoms with van der Waals surface area (Å²) in [6, 6.07) is 1.65. The Labute approximate surface area is 108 Å². The van der Waals surface area contributed by atoms with Gasteiger partial charge in [0, 0.05) is 17.8 Å². The lowest BCUT2D eigenvalue weighted by atomic mass is 9.85. The van der Waals surface area contributed by atoms with Gasteiger partial charge in [0.25, 0.3) is 0 Å². The molecule has 0 radical (unpaired) electrons. The van der Waals surface area contributed by atoms with Crippen molar-refractivity contribution in [1.82, 2.24) is 9.97 Å². The van der Waals surface area contributed by atoms with Gasteiger partial charge in [0.2, 0.25) is 0 Å². The van der Waals surface area contributed by atoms with Crippen LogP contribution >= 0.6 is 0 Å². The molecule has 0 aliphatic carbocycles. The number of hydrogen-bond donors (Lipinski definition) is 2. The van der Waals surface area contributed by atoms with Crippen LogP contribution in [0.1, 0.15) is 38.7 Å². The first-order chi connectivity index (χ1) is 8.18. The van der Waals surface area contributed by atoms with E-state index < -0.39 is 5.97 Å². The molecule has 0 aliphatic heterocycles. The van der Waals surface area contributed by atoms with Crippen LogP contribution in [0.25, 0.3) is 0 Å². The third-order valence-corrected chi connectivity index (χ3v) is 2.71. The highest BCUT2D eigenvalue weighted by Crippen LogP contribution is 2.25. The number of aliphatic carboxylic acids is 1. The normalized spacial score (nSPS) is 13.2. The predicted molar refractivity (Wildman–Crippen MR) is 70.6 cm³/mol. The molecule has 1 rings (SSSR count). The number of carbonyl (C=O) groups is 1. The lowest BCUT2D eigenvalue weighted by Gasteiger charge is -2.30. The minimum absolute atomic E-state index is 0.0611. The summed E-state index contributed by atoms with van der Waals surface area (Å²) in [6.07, 6.45) is 0.0611. The molecule has 1 aromatic heterocycles. The number of carboxylic acid groups (broad SMARTS) is 1. The summed E-state index contributed by atoms with van der Waals surface area (Å²) in [5.41, 5.74) is 0.707. The summed E-state index contributed by atoms with van der Waals surface area (Å²) in [4.78, 5) is 19.4. The topological polar surface area (TPSA) is 75.1 Å². The smallest absolute Gasteiger partial charge is 0.305 e. The van der Waals surface area contributed by atoms with E-state index >= 15 is 0 Å². The molecule has 1 unspecified atom stereocenters. The van der Waals surface area contributed by atoms with E-state index in [1.54, 1.807) is 0 Å². The number of anilines is 1. The molecule has 0 aromatic carbocycles. The standard InChI is InChI=1S/C13H21N3O2/c1-8-6-11(15-9(2)14-8)16-10(7-12(17)18)13(3,4)5/h6,10H,7H2,1-5H3,(H,17,18)(H,14,15,16). The fourth-order valence-electron chi connectivity index (χ4n) is 1.72. The average molecular weight is 251 g/mol. The Morgan fingerprint density at radius 3 is 2.44 bits per heavy atom. The molecule has 1 atom stereocenters. The Kier molecular flexibility index (Phi) is 4.27. The third kappa shape index (κ3) is 4.31. The van der Waals surface area contributed by atoms with E-state index in [1.165, 1.54) is 0 Å². The SMILES string of the molecule is Cc1cc(NC(CC(=O)O)C(C)(C)C)nc(C)n1. The Hall–Kier alpha value is -1.65. The summed E-state index contributed by atoms with van der Waals surface area (Å²) in [6.45, 7) is 9.74. The van der Waals surface area contributed by atoms with E-state index in [4.69, 9.17) is 5.11 Å². The van der Waals surface area contributed by atoms with Crippen molar-refractivity contribution >= 4 is 11.8 Å². The van der Waals surface area contributed by atoms with E-state index in [-0.39, 0.29) is 17.9 Å². The van der Waals surface area contributed by atoms with Crippen LogP contribution in [0.5, 0.6) is 0 Å². The third-order valence-electron chi connectivity index (χ3n) is 2.71. The van der Waals surface area contributed by atoms with Crippen molar-refractivity contribution in [3.63, 3.8) is 0 Å². The maximum atomic E-state index is 10.9. The van der Waals surface area contributed by atoms with Gasteiger partial charge in [0.15, 0.2) is 0 Å². The summed E-state index contributed by atoms with van der Waals surface area (Å²) in [7, 11) is 0. The number of hydrogen-bond acceptors (Lipinski definition) is 4. The molecule has 0 saturated carbocycles. The van der Waals surface area contributed by atoms with Gasteiger partial charge in [0.05, 0.1) is 6.42 Å². The quantitative estimate of drug-likeness (QED) is 0.859. The van der Waals surface area contributed by atoms with Gasteiger partial charge < -0.3 is 10.4 Å². The van der Waals surface area contributed by atoms with Crippen molar-refractivity contribution in [2.45, 2.75) is 47.1 Å². The number of aromatic nitrogens is 2. The monoisotopic (exact) mass is 251 g/mol. The molecule has 5 heteroatoms. The minimum Gasteiger partial charge on any atom is -0.481 e. The highest BCUT2D eigenvalue weighted by Gasteiger charge is 2.27. The molecule has 2 N–H and O–H groups in total. The van der Waals surface area contributed by atoms with E-state index in [1.807, 2.05) is 40.7 Å². The van der Waals surface area contributed by atoms with Gasteiger partial charge in [-0.25, -0.2) is 9.97 Å². The van der Waals surface area contributed by atoms with Crippen molar-refractivity contribution in [2.75, 3.05) is 5.32 Å². The van der Waals surface area contributed by atoms with Crippen LogP contribution in [0, 0.1) is 19.3 Å². The molecular weight excluding hydrogens is 230 g/mol. The minimum atomic E-state index is -0.815. The summed E-state index contributed by atoms with van der Waals surface area (Å²) < 4.78 is 0. The van der Waals surface area contributed by atoms with Crippen molar-refractivity contribution in [2.24, 2.45) is 5.41 Å². The highest BCUT2D eigenvalue weighted by molar-refractivity contribution is 5.68. The second-order valence-corrected chi connectivity index (χ2v) is 5.60. The molecule has 18 heavy (non-hydrogen) atoms. The predicted octanol–water partition coefficient (Wildman–Crippen LogP) is 2.39. The van der Waals surface area contributed by atoms with Gasteiger partial charge in [-0.05, 0) is 19.3 Å². The molecule has 0 saturated heterocycles. The van der Waals surface area contributed by atoms with E-state index in [2.05, 4.69) is 15.3 Å². The maximum Gasteiger partial charge on any atom is 0.305 e. The highest BCUT2D eigenvalue weighted by atomic mass is 16.4. The molecule has 100 valence electrons. The summed E-state index contributed by atoms with van der Waals surface area (Å²) in [5.74, 6) is 0.548. The number of rotatable bonds is 4. The van der Waals surface area contributed by atoms with Crippen LogP contribution in [0.4, 0.5) is 5.82 Å². The lowest BCUT2D eigenvalue weighted by molar-refractivity contribution is -0.137. The van der Waals surface area contributed by atoms with E-state index in [9.17, 15) is 4.79 Å². The van der Waals surface area contributed by atoms with Crippen molar-refractivity contribution in [3.05, 3.63) is 17.6 Å². The fourth-order valence-corrected chi connectivity index (χ4v) is 1.72. The van der Waals surface area contributed by atoms with E-state index in [0.717, 1.165) is 5.69 Å². The molecule has 0 spiro atoms. The first-order valence-electron chi connectivity index (χ1n) is 5.99. The second kappa shape index (κ2) is 5.33. The largest absolute Gasteiger partial charge is 0.481 e. The maximum absolute atomic E-state index is 10.9. The first kappa shape index (κ1) is 14.4. The van der Waals surface area contributed by atoms with Gasteiger partial charge in [-0.15, -0.1) is 0 Å². The summed E-state index contributed by atoms with van der Waals surface area (Å²) in [5, 5.41) is 12.2. The van der Waals surface area contributed by atoms with Crippen LogP contribution < -0.4 is 5.32 Å². The lowest BCUT2D eigenvalue weighted by Crippen LogP contribution is -2.36. The van der Waals surface area contributed by atoms with Crippen LogP contribution in [0.3, 0.4) is 0 Å². The average Bonchev–Trinajstić information content (AvgIpc) is 2.12. The Balaban J connectivity index is 2.92. The van der Waals surface area contributed by atoms with Gasteiger partial charge in [-0.1, -0.05) is 20.8 Å². The van der Waals surface area contributed by atoms with Crippen LogP contribution in [0.15, 0.2) is 6.07 Å².